The van der Waals surface area contributed by atoms with E-state index in [9.17, 15) is 0 Å². The van der Waals surface area contributed by atoms with Crippen LogP contribution in [-0.4, -0.2) is 18.6 Å². The molecule has 0 spiro atoms. The molecule has 6 heteroatoms. The van der Waals surface area contributed by atoms with Crippen molar-refractivity contribution in [2.45, 2.75) is 13.3 Å². The lowest BCUT2D eigenvalue weighted by Gasteiger charge is -2.19. The van der Waals surface area contributed by atoms with Crippen molar-refractivity contribution in [3.8, 4) is 0 Å². The van der Waals surface area contributed by atoms with Crippen LogP contribution in [0.5, 0.6) is 0 Å². The first-order valence-corrected chi connectivity index (χ1v) is 5.39. The largest absolute Gasteiger partial charge is 0.358 e. The second-order valence-electron chi connectivity index (χ2n) is 3.19. The van der Waals surface area contributed by atoms with E-state index in [1.807, 2.05) is 11.9 Å². The molecule has 0 aliphatic carbocycles. The van der Waals surface area contributed by atoms with Gasteiger partial charge in [-0.05, 0) is 12.5 Å². The summed E-state index contributed by atoms with van der Waals surface area (Å²) < 4.78 is 0. The van der Waals surface area contributed by atoms with E-state index in [1.54, 1.807) is 6.07 Å². The Bertz CT molecular complexity index is 343. The number of hydrazine groups is 1. The van der Waals surface area contributed by atoms with Gasteiger partial charge in [0.1, 0.15) is 5.82 Å². The minimum atomic E-state index is 0.413. The summed E-state index contributed by atoms with van der Waals surface area (Å²) in [7, 11) is 1.92. The van der Waals surface area contributed by atoms with Crippen LogP contribution < -0.4 is 16.2 Å². The molecule has 0 atom stereocenters. The minimum absolute atomic E-state index is 0.413. The molecule has 3 N–H and O–H groups in total. The van der Waals surface area contributed by atoms with E-state index >= 15 is 0 Å². The Morgan fingerprint density at radius 3 is 2.67 bits per heavy atom. The molecule has 1 heterocycles. The fraction of sp³-hybridized carbons (Fsp3) is 0.444. The van der Waals surface area contributed by atoms with Crippen molar-refractivity contribution in [3.05, 3.63) is 16.1 Å². The van der Waals surface area contributed by atoms with E-state index in [1.165, 1.54) is 0 Å². The van der Waals surface area contributed by atoms with Crippen LogP contribution in [0.15, 0.2) is 6.07 Å². The fourth-order valence-electron chi connectivity index (χ4n) is 1.27. The van der Waals surface area contributed by atoms with Crippen LogP contribution in [0.4, 0.5) is 11.6 Å². The van der Waals surface area contributed by atoms with E-state index in [-0.39, 0.29) is 0 Å². The van der Waals surface area contributed by atoms with Gasteiger partial charge in [-0.2, -0.15) is 0 Å². The highest BCUT2D eigenvalue weighted by Crippen LogP contribution is 2.30. The maximum atomic E-state index is 6.03. The summed E-state index contributed by atoms with van der Waals surface area (Å²) in [5.74, 6) is 6.39. The highest BCUT2D eigenvalue weighted by molar-refractivity contribution is 6.37. The zero-order valence-electron chi connectivity index (χ0n) is 8.72. The Hall–Kier alpha value is -0.710. The molecule has 0 amide bonds. The Morgan fingerprint density at radius 2 is 2.13 bits per heavy atom. The molecule has 4 nitrogen and oxygen atoms in total. The fourth-order valence-corrected chi connectivity index (χ4v) is 1.82. The molecule has 0 radical (unpaired) electrons. The van der Waals surface area contributed by atoms with Crippen LogP contribution in [0.1, 0.15) is 13.3 Å². The number of nitrogens with one attached hydrogen (secondary N) is 1. The summed E-state index contributed by atoms with van der Waals surface area (Å²) in [5, 5.41) is 0.936. The van der Waals surface area contributed by atoms with Crippen molar-refractivity contribution in [3.63, 3.8) is 0 Å². The highest BCUT2D eigenvalue weighted by Gasteiger charge is 2.11. The zero-order valence-corrected chi connectivity index (χ0v) is 10.2. The van der Waals surface area contributed by atoms with Crippen molar-refractivity contribution in [1.29, 1.82) is 0 Å². The number of aromatic nitrogens is 1. The quantitative estimate of drug-likeness (QED) is 0.636. The van der Waals surface area contributed by atoms with Gasteiger partial charge in [0.15, 0.2) is 5.82 Å². The summed E-state index contributed by atoms with van der Waals surface area (Å²) in [6.07, 6.45) is 1.02. The number of pyridine rings is 1. The second-order valence-corrected chi connectivity index (χ2v) is 4.00. The summed E-state index contributed by atoms with van der Waals surface area (Å²) in [5.41, 5.74) is 2.43. The van der Waals surface area contributed by atoms with Crippen molar-refractivity contribution < 1.29 is 0 Å². The number of anilines is 2. The lowest BCUT2D eigenvalue weighted by Crippen LogP contribution is -2.20. The molecule has 0 aliphatic rings. The van der Waals surface area contributed by atoms with Crippen molar-refractivity contribution in [1.82, 2.24) is 4.98 Å². The van der Waals surface area contributed by atoms with Crippen molar-refractivity contribution in [2.75, 3.05) is 23.9 Å². The molecule has 1 rings (SSSR count). The number of nitrogen functional groups attached to an aromatic ring is 1. The lowest BCUT2D eigenvalue weighted by molar-refractivity contribution is 0.838. The Kier molecular flexibility index (Phi) is 4.45. The maximum Gasteiger partial charge on any atom is 0.161 e. The van der Waals surface area contributed by atoms with Gasteiger partial charge in [-0.3, -0.25) is 0 Å². The van der Waals surface area contributed by atoms with Crippen molar-refractivity contribution >= 4 is 34.8 Å². The molecule has 0 aromatic carbocycles. The summed E-state index contributed by atoms with van der Waals surface area (Å²) in [4.78, 5) is 6.19. The van der Waals surface area contributed by atoms with E-state index in [4.69, 9.17) is 29.0 Å². The third-order valence-electron chi connectivity index (χ3n) is 1.97. The monoisotopic (exact) mass is 248 g/mol. The van der Waals surface area contributed by atoms with Gasteiger partial charge in [-0.1, -0.05) is 30.1 Å². The Balaban J connectivity index is 3.06. The van der Waals surface area contributed by atoms with Crippen molar-refractivity contribution in [2.24, 2.45) is 5.84 Å². The number of hydrogen-bond acceptors (Lipinski definition) is 4. The number of rotatable bonds is 4. The first-order chi connectivity index (χ1) is 7.10. The van der Waals surface area contributed by atoms with Crippen LogP contribution in [0.3, 0.4) is 0 Å². The number of halogens is 2. The van der Waals surface area contributed by atoms with E-state index in [0.29, 0.717) is 21.7 Å². The second kappa shape index (κ2) is 5.39. The number of nitrogens with zero attached hydrogens (tertiary/aromatic N) is 2. The summed E-state index contributed by atoms with van der Waals surface area (Å²) >= 11 is 11.9. The van der Waals surface area contributed by atoms with Crippen LogP contribution in [-0.2, 0) is 0 Å². The number of hydrogen-bond donors (Lipinski definition) is 2. The molecular formula is C9H14Cl2N4. The SMILES string of the molecule is CCCN(C)c1nc(NN)c(Cl)cc1Cl. The number of nitrogens with two attached hydrogens (primary N) is 1. The molecule has 0 unspecified atom stereocenters. The van der Waals surface area contributed by atoms with Gasteiger partial charge >= 0.3 is 0 Å². The molecule has 0 fully saturated rings. The molecule has 84 valence electrons. The van der Waals surface area contributed by atoms with Gasteiger partial charge < -0.3 is 10.3 Å². The smallest absolute Gasteiger partial charge is 0.161 e. The van der Waals surface area contributed by atoms with Gasteiger partial charge in [0.25, 0.3) is 0 Å². The summed E-state index contributed by atoms with van der Waals surface area (Å²) in [6.45, 7) is 2.96. The average molecular weight is 249 g/mol. The molecule has 0 saturated carbocycles. The third kappa shape index (κ3) is 2.87. The molecule has 0 bridgehead atoms. The van der Waals surface area contributed by atoms with E-state index in [0.717, 1.165) is 13.0 Å². The van der Waals surface area contributed by atoms with Crippen LogP contribution >= 0.6 is 23.2 Å². The van der Waals surface area contributed by atoms with Gasteiger partial charge in [-0.15, -0.1) is 0 Å². The molecule has 1 aromatic heterocycles. The normalized spacial score (nSPS) is 10.2. The van der Waals surface area contributed by atoms with Crippen LogP contribution in [0.2, 0.25) is 10.0 Å². The Labute approximate surface area is 99.3 Å². The van der Waals surface area contributed by atoms with E-state index in [2.05, 4.69) is 17.3 Å². The molecule has 0 saturated heterocycles. The van der Waals surface area contributed by atoms with Gasteiger partial charge in [0.05, 0.1) is 10.0 Å². The predicted octanol–water partition coefficient (Wildman–Crippen LogP) is 2.52. The highest BCUT2D eigenvalue weighted by atomic mass is 35.5. The first kappa shape index (κ1) is 12.4. The van der Waals surface area contributed by atoms with Gasteiger partial charge in [0, 0.05) is 13.6 Å². The van der Waals surface area contributed by atoms with Gasteiger partial charge in [0.2, 0.25) is 0 Å². The maximum absolute atomic E-state index is 6.03. The molecule has 1 aromatic rings. The topological polar surface area (TPSA) is 54.2 Å². The van der Waals surface area contributed by atoms with Crippen LogP contribution in [0.25, 0.3) is 0 Å². The molecule has 15 heavy (non-hydrogen) atoms. The summed E-state index contributed by atoms with van der Waals surface area (Å²) in [6, 6.07) is 1.63. The van der Waals surface area contributed by atoms with Crippen LogP contribution in [0, 0.1) is 0 Å². The average Bonchev–Trinajstić information content (AvgIpc) is 2.18. The molecule has 0 aliphatic heterocycles. The Morgan fingerprint density at radius 1 is 1.47 bits per heavy atom. The van der Waals surface area contributed by atoms with Gasteiger partial charge in [-0.25, -0.2) is 10.8 Å². The lowest BCUT2D eigenvalue weighted by atomic mass is 10.4. The predicted molar refractivity (Wildman–Crippen MR) is 65.6 cm³/mol. The third-order valence-corrected chi connectivity index (χ3v) is 2.53. The standard InChI is InChI=1S/C9H14Cl2N4/c1-3-4-15(2)9-7(11)5-6(10)8(13-9)14-12/h5H,3-4,12H2,1-2H3,(H,13,14). The zero-order chi connectivity index (χ0) is 11.4. The minimum Gasteiger partial charge on any atom is -0.358 e. The first-order valence-electron chi connectivity index (χ1n) is 4.64. The molecular weight excluding hydrogens is 235 g/mol. The van der Waals surface area contributed by atoms with E-state index < -0.39 is 0 Å².